The van der Waals surface area contributed by atoms with Gasteiger partial charge in [0.15, 0.2) is 0 Å². The number of carbonyl (C=O) groups excluding carboxylic acids is 1. The number of ether oxygens (including phenoxy) is 1. The number of hydrogen-bond acceptors (Lipinski definition) is 2. The molecule has 0 saturated heterocycles. The fourth-order valence-corrected chi connectivity index (χ4v) is 2.53. The van der Waals surface area contributed by atoms with Gasteiger partial charge in [-0.25, -0.2) is 0 Å². The lowest BCUT2D eigenvalue weighted by atomic mass is 10.0. The molecule has 0 saturated carbocycles. The topological polar surface area (TPSA) is 26.3 Å². The summed E-state index contributed by atoms with van der Waals surface area (Å²) in [6.07, 6.45) is 1.07. The van der Waals surface area contributed by atoms with Gasteiger partial charge in [0.2, 0.25) is 0 Å². The van der Waals surface area contributed by atoms with E-state index in [1.165, 1.54) is 5.56 Å². The van der Waals surface area contributed by atoms with Gasteiger partial charge in [0.1, 0.15) is 5.75 Å². The van der Waals surface area contributed by atoms with Gasteiger partial charge in [-0.3, -0.25) is 4.79 Å². The molecule has 0 aliphatic heterocycles. The van der Waals surface area contributed by atoms with Gasteiger partial charge in [0.05, 0.1) is 0 Å². The van der Waals surface area contributed by atoms with Crippen molar-refractivity contribution in [3.63, 3.8) is 0 Å². The SMILES string of the molecule is Cc1ccc(-c2ccc(OC(=O)CCc3ccccc3)cc2)cc1. The highest BCUT2D eigenvalue weighted by molar-refractivity contribution is 5.73. The van der Waals surface area contributed by atoms with Crippen molar-refractivity contribution in [3.8, 4) is 16.9 Å². The highest BCUT2D eigenvalue weighted by atomic mass is 16.5. The third-order valence-corrected chi connectivity index (χ3v) is 3.93. The number of hydrogen-bond donors (Lipinski definition) is 0. The Balaban J connectivity index is 1.57. The van der Waals surface area contributed by atoms with E-state index < -0.39 is 0 Å². The summed E-state index contributed by atoms with van der Waals surface area (Å²) in [7, 11) is 0. The molecule has 2 nitrogen and oxygen atoms in total. The molecular weight excluding hydrogens is 296 g/mol. The lowest BCUT2D eigenvalue weighted by Gasteiger charge is -2.06. The lowest BCUT2D eigenvalue weighted by molar-refractivity contribution is -0.134. The van der Waals surface area contributed by atoms with Crippen molar-refractivity contribution in [1.29, 1.82) is 0 Å². The van der Waals surface area contributed by atoms with Crippen LogP contribution in [-0.2, 0) is 11.2 Å². The molecule has 3 aromatic rings. The Morgan fingerprint density at radius 1 is 0.792 bits per heavy atom. The minimum absolute atomic E-state index is 0.207. The van der Waals surface area contributed by atoms with Crippen molar-refractivity contribution in [2.24, 2.45) is 0 Å². The highest BCUT2D eigenvalue weighted by Gasteiger charge is 2.06. The van der Waals surface area contributed by atoms with Crippen LogP contribution in [0.25, 0.3) is 11.1 Å². The van der Waals surface area contributed by atoms with Crippen molar-refractivity contribution in [1.82, 2.24) is 0 Å². The normalized spacial score (nSPS) is 10.4. The average Bonchev–Trinajstić information content (AvgIpc) is 2.62. The number of esters is 1. The summed E-state index contributed by atoms with van der Waals surface area (Å²) in [6.45, 7) is 2.07. The Morgan fingerprint density at radius 3 is 2.00 bits per heavy atom. The van der Waals surface area contributed by atoms with Crippen LogP contribution in [-0.4, -0.2) is 5.97 Å². The largest absolute Gasteiger partial charge is 0.427 e. The molecular formula is C22H20O2. The van der Waals surface area contributed by atoms with Gasteiger partial charge in [-0.05, 0) is 42.2 Å². The van der Waals surface area contributed by atoms with Gasteiger partial charge in [0.25, 0.3) is 0 Å². The van der Waals surface area contributed by atoms with Crippen LogP contribution < -0.4 is 4.74 Å². The Labute approximate surface area is 142 Å². The molecule has 3 rings (SSSR count). The van der Waals surface area contributed by atoms with Gasteiger partial charge in [-0.2, -0.15) is 0 Å². The first-order valence-electron chi connectivity index (χ1n) is 8.12. The number of carbonyl (C=O) groups is 1. The van der Waals surface area contributed by atoms with Gasteiger partial charge < -0.3 is 4.74 Å². The zero-order valence-corrected chi connectivity index (χ0v) is 13.7. The van der Waals surface area contributed by atoms with E-state index in [2.05, 4.69) is 31.2 Å². The predicted molar refractivity (Wildman–Crippen MR) is 97.0 cm³/mol. The van der Waals surface area contributed by atoms with E-state index in [1.807, 2.05) is 54.6 Å². The Morgan fingerprint density at radius 2 is 1.38 bits per heavy atom. The van der Waals surface area contributed by atoms with E-state index in [1.54, 1.807) is 0 Å². The summed E-state index contributed by atoms with van der Waals surface area (Å²) >= 11 is 0. The summed E-state index contributed by atoms with van der Waals surface area (Å²) < 4.78 is 5.41. The highest BCUT2D eigenvalue weighted by Crippen LogP contribution is 2.23. The third-order valence-electron chi connectivity index (χ3n) is 3.93. The maximum atomic E-state index is 12.0. The Hall–Kier alpha value is -2.87. The van der Waals surface area contributed by atoms with E-state index in [0.717, 1.165) is 16.7 Å². The Kier molecular flexibility index (Phi) is 5.07. The molecule has 24 heavy (non-hydrogen) atoms. The fourth-order valence-electron chi connectivity index (χ4n) is 2.53. The van der Waals surface area contributed by atoms with Crippen molar-refractivity contribution in [3.05, 3.63) is 90.0 Å². The quantitative estimate of drug-likeness (QED) is 0.477. The molecule has 0 atom stereocenters. The summed E-state index contributed by atoms with van der Waals surface area (Å²) in [5.74, 6) is 0.380. The molecule has 0 aliphatic carbocycles. The molecule has 0 spiro atoms. The van der Waals surface area contributed by atoms with Crippen LogP contribution in [0.1, 0.15) is 17.5 Å². The molecule has 0 fully saturated rings. The maximum absolute atomic E-state index is 12.0. The van der Waals surface area contributed by atoms with Crippen molar-refractivity contribution in [2.75, 3.05) is 0 Å². The second-order valence-electron chi connectivity index (χ2n) is 5.85. The van der Waals surface area contributed by atoms with Crippen LogP contribution in [0.5, 0.6) is 5.75 Å². The lowest BCUT2D eigenvalue weighted by Crippen LogP contribution is -2.08. The van der Waals surface area contributed by atoms with Gasteiger partial charge in [-0.1, -0.05) is 72.3 Å². The monoisotopic (exact) mass is 316 g/mol. The van der Waals surface area contributed by atoms with Crippen molar-refractivity contribution >= 4 is 5.97 Å². The van der Waals surface area contributed by atoms with E-state index in [9.17, 15) is 4.79 Å². The smallest absolute Gasteiger partial charge is 0.311 e. The summed E-state index contributed by atoms with van der Waals surface area (Å²) in [5.41, 5.74) is 4.65. The molecule has 3 aromatic carbocycles. The third kappa shape index (κ3) is 4.32. The molecule has 0 unspecified atom stereocenters. The zero-order chi connectivity index (χ0) is 16.8. The minimum atomic E-state index is -0.207. The summed E-state index contributed by atoms with van der Waals surface area (Å²) in [6, 6.07) is 26.0. The van der Waals surface area contributed by atoms with Crippen LogP contribution in [0.2, 0.25) is 0 Å². The van der Waals surface area contributed by atoms with E-state index >= 15 is 0 Å². The molecule has 0 aromatic heterocycles. The molecule has 0 N–H and O–H groups in total. The van der Waals surface area contributed by atoms with Crippen LogP contribution in [0, 0.1) is 6.92 Å². The molecule has 0 aliphatic rings. The molecule has 0 heterocycles. The molecule has 0 amide bonds. The van der Waals surface area contributed by atoms with Crippen molar-refractivity contribution in [2.45, 2.75) is 19.8 Å². The molecule has 0 radical (unpaired) electrons. The number of rotatable bonds is 5. The van der Waals surface area contributed by atoms with Crippen LogP contribution >= 0.6 is 0 Å². The summed E-state index contributed by atoms with van der Waals surface area (Å²) in [5, 5.41) is 0. The summed E-state index contributed by atoms with van der Waals surface area (Å²) in [4.78, 5) is 12.0. The van der Waals surface area contributed by atoms with Gasteiger partial charge in [-0.15, -0.1) is 0 Å². The van der Waals surface area contributed by atoms with Crippen LogP contribution in [0.3, 0.4) is 0 Å². The minimum Gasteiger partial charge on any atom is -0.427 e. The first-order chi connectivity index (χ1) is 11.7. The zero-order valence-electron chi connectivity index (χ0n) is 13.7. The Bertz CT molecular complexity index is 788. The maximum Gasteiger partial charge on any atom is 0.311 e. The molecule has 120 valence electrons. The second-order valence-corrected chi connectivity index (χ2v) is 5.85. The first-order valence-corrected chi connectivity index (χ1v) is 8.12. The second kappa shape index (κ2) is 7.60. The molecule has 2 heteroatoms. The van der Waals surface area contributed by atoms with E-state index in [4.69, 9.17) is 4.74 Å². The average molecular weight is 316 g/mol. The van der Waals surface area contributed by atoms with Crippen LogP contribution in [0.15, 0.2) is 78.9 Å². The van der Waals surface area contributed by atoms with E-state index in [-0.39, 0.29) is 5.97 Å². The van der Waals surface area contributed by atoms with E-state index in [0.29, 0.717) is 18.6 Å². The van der Waals surface area contributed by atoms with Crippen LogP contribution in [0.4, 0.5) is 0 Å². The predicted octanol–water partition coefficient (Wildman–Crippen LogP) is 5.20. The fraction of sp³-hybridized carbons (Fsp3) is 0.136. The van der Waals surface area contributed by atoms with Gasteiger partial charge in [0, 0.05) is 6.42 Å². The number of aryl methyl sites for hydroxylation is 2. The standard InChI is InChI=1S/C22H20O2/c1-17-7-10-19(11-8-17)20-12-14-21(15-13-20)24-22(23)16-9-18-5-3-2-4-6-18/h2-8,10-15H,9,16H2,1H3. The molecule has 0 bridgehead atoms. The van der Waals surface area contributed by atoms with Crippen molar-refractivity contribution < 1.29 is 9.53 Å². The number of benzene rings is 3. The first kappa shape index (κ1) is 16.0. The van der Waals surface area contributed by atoms with Gasteiger partial charge >= 0.3 is 5.97 Å².